The molecule has 2 rings (SSSR count). The number of ether oxygens (including phenoxy) is 1. The highest BCUT2D eigenvalue weighted by atomic mass is 35.5. The van der Waals surface area contributed by atoms with Crippen LogP contribution in [0.1, 0.15) is 26.2 Å². The van der Waals surface area contributed by atoms with E-state index in [9.17, 15) is 20.1 Å². The number of carbonyl (C=O) groups is 1. The summed E-state index contributed by atoms with van der Waals surface area (Å²) in [5, 5.41) is 32.8. The van der Waals surface area contributed by atoms with Crippen molar-refractivity contribution in [3.05, 3.63) is 0 Å². The summed E-state index contributed by atoms with van der Waals surface area (Å²) in [4.78, 5) is 14.7. The van der Waals surface area contributed by atoms with Crippen molar-refractivity contribution in [1.29, 1.82) is 0 Å². The standard InChI is InChI=1S/C16H29ClN2O5S/c1-8(17)10(18-15(23)9-6-4-5-7-19(9)2)14-12(21)11(20)13(22)16(24-14)25-3/h8-14,16,20-22H,4-7H2,1-3H3,(H,18,23)/t8?,9-,10?,11?,12?,13?,14?,16?/m1/s1. The first kappa shape index (κ1) is 21.2. The van der Waals surface area contributed by atoms with Crippen LogP contribution in [-0.2, 0) is 9.53 Å². The molecule has 0 radical (unpaired) electrons. The molecule has 2 aliphatic rings. The van der Waals surface area contributed by atoms with E-state index in [4.69, 9.17) is 16.3 Å². The Bertz CT molecular complexity index is 456. The highest BCUT2D eigenvalue weighted by Gasteiger charge is 2.48. The van der Waals surface area contributed by atoms with E-state index in [2.05, 4.69) is 5.32 Å². The fraction of sp³-hybridized carbons (Fsp3) is 0.938. The van der Waals surface area contributed by atoms with Crippen LogP contribution in [0.2, 0.25) is 0 Å². The molecule has 2 heterocycles. The number of halogens is 1. The van der Waals surface area contributed by atoms with E-state index >= 15 is 0 Å². The van der Waals surface area contributed by atoms with Gasteiger partial charge in [-0.15, -0.1) is 23.4 Å². The Kier molecular flexibility index (Phi) is 7.82. The van der Waals surface area contributed by atoms with Gasteiger partial charge >= 0.3 is 0 Å². The third-order valence-electron chi connectivity index (χ3n) is 5.07. The van der Waals surface area contributed by atoms with Crippen molar-refractivity contribution in [2.24, 2.45) is 0 Å². The number of likely N-dealkylation sites (N-methyl/N-ethyl adjacent to an activating group) is 1. The SMILES string of the molecule is CSC1OC(C(NC(=O)[C@H]2CCCCN2C)C(C)Cl)C(O)C(O)C1O. The first-order valence-electron chi connectivity index (χ1n) is 8.65. The van der Waals surface area contributed by atoms with Gasteiger partial charge in [-0.1, -0.05) is 6.42 Å². The van der Waals surface area contributed by atoms with Crippen molar-refractivity contribution in [3.8, 4) is 0 Å². The van der Waals surface area contributed by atoms with Crippen molar-refractivity contribution in [3.63, 3.8) is 0 Å². The molecule has 25 heavy (non-hydrogen) atoms. The second-order valence-corrected chi connectivity index (χ2v) is 8.51. The number of piperidine rings is 1. The molecule has 0 bridgehead atoms. The highest BCUT2D eigenvalue weighted by molar-refractivity contribution is 7.99. The molecule has 0 saturated carbocycles. The van der Waals surface area contributed by atoms with Crippen LogP contribution in [0.4, 0.5) is 0 Å². The summed E-state index contributed by atoms with van der Waals surface area (Å²) in [7, 11) is 1.92. The van der Waals surface area contributed by atoms with E-state index in [0.717, 1.165) is 25.8 Å². The Labute approximate surface area is 158 Å². The average Bonchev–Trinajstić information content (AvgIpc) is 2.58. The lowest BCUT2D eigenvalue weighted by atomic mass is 9.92. The van der Waals surface area contributed by atoms with Crippen LogP contribution in [0, 0.1) is 0 Å². The van der Waals surface area contributed by atoms with Crippen LogP contribution in [0.3, 0.4) is 0 Å². The summed E-state index contributed by atoms with van der Waals surface area (Å²) in [5.74, 6) is -0.156. The van der Waals surface area contributed by atoms with Gasteiger partial charge in [0.2, 0.25) is 5.91 Å². The first-order valence-corrected chi connectivity index (χ1v) is 10.4. The summed E-state index contributed by atoms with van der Waals surface area (Å²) in [6, 6.07) is -0.921. The molecule has 4 N–H and O–H groups in total. The van der Waals surface area contributed by atoms with Crippen LogP contribution in [0.5, 0.6) is 0 Å². The fourth-order valence-electron chi connectivity index (χ4n) is 3.49. The Balaban J connectivity index is 2.12. The second-order valence-electron chi connectivity index (χ2n) is 6.88. The van der Waals surface area contributed by atoms with Gasteiger partial charge in [-0.25, -0.2) is 0 Å². The number of amides is 1. The summed E-state index contributed by atoms with van der Waals surface area (Å²) in [6.45, 7) is 2.57. The Morgan fingerprint density at radius 3 is 2.52 bits per heavy atom. The highest BCUT2D eigenvalue weighted by Crippen LogP contribution is 2.30. The number of thioether (sulfide) groups is 1. The van der Waals surface area contributed by atoms with E-state index in [1.165, 1.54) is 11.8 Å². The lowest BCUT2D eigenvalue weighted by Crippen LogP contribution is -2.65. The largest absolute Gasteiger partial charge is 0.388 e. The summed E-state index contributed by atoms with van der Waals surface area (Å²) < 4.78 is 5.76. The molecule has 0 spiro atoms. The molecule has 2 fully saturated rings. The molecule has 7 nitrogen and oxygen atoms in total. The number of carbonyl (C=O) groups excluding carboxylic acids is 1. The zero-order valence-electron chi connectivity index (χ0n) is 14.8. The molecule has 7 unspecified atom stereocenters. The Morgan fingerprint density at radius 2 is 1.96 bits per heavy atom. The Morgan fingerprint density at radius 1 is 1.28 bits per heavy atom. The molecule has 1 amide bonds. The van der Waals surface area contributed by atoms with Crippen molar-refractivity contribution in [1.82, 2.24) is 10.2 Å². The third kappa shape index (κ3) is 4.80. The van der Waals surface area contributed by atoms with Crippen LogP contribution >= 0.6 is 23.4 Å². The lowest BCUT2D eigenvalue weighted by Gasteiger charge is -2.44. The van der Waals surface area contributed by atoms with Gasteiger partial charge in [0, 0.05) is 0 Å². The fourth-order valence-corrected chi connectivity index (χ4v) is 4.38. The maximum absolute atomic E-state index is 12.7. The molecule has 2 saturated heterocycles. The van der Waals surface area contributed by atoms with Crippen molar-refractivity contribution < 1.29 is 24.9 Å². The minimum absolute atomic E-state index is 0.156. The average molecular weight is 397 g/mol. The first-order chi connectivity index (χ1) is 11.8. The van der Waals surface area contributed by atoms with Gasteiger partial charge in [-0.3, -0.25) is 9.69 Å². The molecule has 146 valence electrons. The number of aliphatic hydroxyl groups is 3. The number of aliphatic hydroxyl groups excluding tert-OH is 3. The smallest absolute Gasteiger partial charge is 0.237 e. The normalized spacial score (nSPS) is 39.6. The van der Waals surface area contributed by atoms with Crippen LogP contribution in [0.25, 0.3) is 0 Å². The minimum Gasteiger partial charge on any atom is -0.388 e. The van der Waals surface area contributed by atoms with Gasteiger partial charge in [0.05, 0.1) is 17.5 Å². The van der Waals surface area contributed by atoms with Crippen molar-refractivity contribution in [2.45, 2.75) is 73.5 Å². The van der Waals surface area contributed by atoms with E-state index in [1.54, 1.807) is 13.2 Å². The summed E-state index contributed by atoms with van der Waals surface area (Å²) in [6.07, 6.45) is -0.227. The molecular weight excluding hydrogens is 368 g/mol. The second kappa shape index (κ2) is 9.21. The molecule has 0 aromatic heterocycles. The molecule has 0 aliphatic carbocycles. The topological polar surface area (TPSA) is 102 Å². The van der Waals surface area contributed by atoms with Crippen LogP contribution in [-0.4, -0.2) is 93.3 Å². The molecule has 0 aromatic rings. The number of hydrogen-bond acceptors (Lipinski definition) is 7. The molecule has 2 aliphatic heterocycles. The van der Waals surface area contributed by atoms with E-state index in [0.29, 0.717) is 0 Å². The predicted octanol–water partition coefficient (Wildman–Crippen LogP) is -0.247. The molecule has 9 heteroatoms. The van der Waals surface area contributed by atoms with Crippen LogP contribution < -0.4 is 5.32 Å². The van der Waals surface area contributed by atoms with E-state index < -0.39 is 41.3 Å². The van der Waals surface area contributed by atoms with Gasteiger partial charge in [-0.05, 0) is 39.6 Å². The van der Waals surface area contributed by atoms with Crippen LogP contribution in [0.15, 0.2) is 0 Å². The van der Waals surface area contributed by atoms with E-state index in [-0.39, 0.29) is 11.9 Å². The summed E-state index contributed by atoms with van der Waals surface area (Å²) >= 11 is 7.50. The van der Waals surface area contributed by atoms with Gasteiger partial charge < -0.3 is 25.4 Å². The monoisotopic (exact) mass is 396 g/mol. The lowest BCUT2D eigenvalue weighted by molar-refractivity contribution is -0.205. The minimum atomic E-state index is -1.36. The summed E-state index contributed by atoms with van der Waals surface area (Å²) in [5.41, 5.74) is -0.699. The maximum atomic E-state index is 12.7. The number of likely N-dealkylation sites (tertiary alicyclic amines) is 1. The zero-order chi connectivity index (χ0) is 18.7. The number of nitrogens with one attached hydrogen (secondary N) is 1. The Hall–Kier alpha value is -0.0900. The number of alkyl halides is 1. The molecular formula is C16H29ClN2O5S. The molecule has 0 aromatic carbocycles. The predicted molar refractivity (Wildman–Crippen MR) is 97.7 cm³/mol. The number of rotatable bonds is 5. The quantitative estimate of drug-likeness (QED) is 0.475. The maximum Gasteiger partial charge on any atom is 0.237 e. The zero-order valence-corrected chi connectivity index (χ0v) is 16.4. The van der Waals surface area contributed by atoms with Gasteiger partial charge in [0.1, 0.15) is 29.9 Å². The third-order valence-corrected chi connectivity index (χ3v) is 6.20. The molecule has 8 atom stereocenters. The van der Waals surface area contributed by atoms with Gasteiger partial charge in [0.25, 0.3) is 0 Å². The van der Waals surface area contributed by atoms with Gasteiger partial charge in [0.15, 0.2) is 0 Å². The number of nitrogens with zero attached hydrogens (tertiary/aromatic N) is 1. The van der Waals surface area contributed by atoms with E-state index in [1.807, 2.05) is 11.9 Å². The van der Waals surface area contributed by atoms with Crippen molar-refractivity contribution in [2.75, 3.05) is 19.8 Å². The van der Waals surface area contributed by atoms with Crippen molar-refractivity contribution >= 4 is 29.3 Å². The number of hydrogen-bond donors (Lipinski definition) is 4. The van der Waals surface area contributed by atoms with Gasteiger partial charge in [-0.2, -0.15) is 0 Å².